The Hall–Kier alpha value is -2.58. The Labute approximate surface area is 185 Å². The van der Waals surface area contributed by atoms with E-state index >= 15 is 0 Å². The summed E-state index contributed by atoms with van der Waals surface area (Å²) in [5, 5.41) is 2.85. The molecule has 7 nitrogen and oxygen atoms in total. The molecule has 170 valence electrons. The lowest BCUT2D eigenvalue weighted by Gasteiger charge is -2.21. The predicted molar refractivity (Wildman–Crippen MR) is 121 cm³/mol. The van der Waals surface area contributed by atoms with E-state index in [1.165, 1.54) is 16.4 Å². The maximum absolute atomic E-state index is 13.0. The second kappa shape index (κ2) is 11.7. The number of carbonyl (C=O) groups excluding carboxylic acids is 1. The van der Waals surface area contributed by atoms with Crippen molar-refractivity contribution in [1.82, 2.24) is 9.62 Å². The Balaban J connectivity index is 2.06. The van der Waals surface area contributed by atoms with E-state index in [2.05, 4.69) is 5.32 Å². The molecule has 0 radical (unpaired) electrons. The molecule has 0 unspecified atom stereocenters. The largest absolute Gasteiger partial charge is 0.493 e. The van der Waals surface area contributed by atoms with Crippen molar-refractivity contribution in [1.29, 1.82) is 0 Å². The van der Waals surface area contributed by atoms with Crippen LogP contribution in [0.25, 0.3) is 0 Å². The van der Waals surface area contributed by atoms with E-state index in [9.17, 15) is 13.2 Å². The number of methoxy groups -OCH3 is 2. The molecule has 0 spiro atoms. The van der Waals surface area contributed by atoms with Gasteiger partial charge in [-0.25, -0.2) is 8.42 Å². The number of sulfonamides is 1. The lowest BCUT2D eigenvalue weighted by Crippen LogP contribution is -2.33. The van der Waals surface area contributed by atoms with Gasteiger partial charge in [-0.15, -0.1) is 0 Å². The number of benzene rings is 2. The van der Waals surface area contributed by atoms with Gasteiger partial charge in [-0.2, -0.15) is 4.31 Å². The molecule has 0 bridgehead atoms. The molecule has 0 atom stereocenters. The molecule has 0 heterocycles. The van der Waals surface area contributed by atoms with Crippen molar-refractivity contribution < 1.29 is 22.7 Å². The molecule has 0 aliphatic rings. The first-order chi connectivity index (χ1) is 14.9. The molecule has 0 aromatic heterocycles. The zero-order chi connectivity index (χ0) is 22.9. The van der Waals surface area contributed by atoms with Crippen molar-refractivity contribution >= 4 is 15.9 Å². The molecule has 2 aromatic carbocycles. The van der Waals surface area contributed by atoms with Crippen molar-refractivity contribution in [2.75, 3.05) is 33.9 Å². The van der Waals surface area contributed by atoms with Crippen LogP contribution in [0.5, 0.6) is 11.5 Å². The van der Waals surface area contributed by atoms with E-state index in [4.69, 9.17) is 9.47 Å². The number of nitrogens with zero attached hydrogens (tertiary/aromatic N) is 1. The smallest absolute Gasteiger partial charge is 0.251 e. The van der Waals surface area contributed by atoms with Crippen molar-refractivity contribution in [2.24, 2.45) is 0 Å². The van der Waals surface area contributed by atoms with Gasteiger partial charge in [0.25, 0.3) is 5.91 Å². The Morgan fingerprint density at radius 3 is 2.26 bits per heavy atom. The third-order valence-corrected chi connectivity index (χ3v) is 6.72. The highest BCUT2D eigenvalue weighted by Crippen LogP contribution is 2.27. The van der Waals surface area contributed by atoms with Crippen molar-refractivity contribution in [3.63, 3.8) is 0 Å². The summed E-state index contributed by atoms with van der Waals surface area (Å²) in [4.78, 5) is 12.7. The Morgan fingerprint density at radius 2 is 1.65 bits per heavy atom. The SMILES string of the molecule is CCCN(CCC)S(=O)(=O)c1cccc(C(=O)NCCc2ccc(OC)c(OC)c2)c1. The van der Waals surface area contributed by atoms with Gasteiger partial charge >= 0.3 is 0 Å². The summed E-state index contributed by atoms with van der Waals surface area (Å²) in [7, 11) is -0.476. The molecule has 31 heavy (non-hydrogen) atoms. The Kier molecular flexibility index (Phi) is 9.33. The lowest BCUT2D eigenvalue weighted by atomic mass is 10.1. The number of hydrogen-bond acceptors (Lipinski definition) is 5. The van der Waals surface area contributed by atoms with Crippen molar-refractivity contribution in [3.05, 3.63) is 53.6 Å². The maximum atomic E-state index is 13.0. The van der Waals surface area contributed by atoms with E-state index in [1.54, 1.807) is 26.4 Å². The van der Waals surface area contributed by atoms with Gasteiger partial charge in [0, 0.05) is 25.2 Å². The van der Waals surface area contributed by atoms with Gasteiger partial charge in [0.1, 0.15) is 0 Å². The summed E-state index contributed by atoms with van der Waals surface area (Å²) in [5.74, 6) is 0.969. The molecule has 8 heteroatoms. The molecular weight excluding hydrogens is 416 g/mol. The van der Waals surface area contributed by atoms with Crippen LogP contribution >= 0.6 is 0 Å². The van der Waals surface area contributed by atoms with E-state index in [1.807, 2.05) is 32.0 Å². The molecule has 0 aliphatic carbocycles. The van der Waals surface area contributed by atoms with E-state index in [0.29, 0.717) is 43.1 Å². The summed E-state index contributed by atoms with van der Waals surface area (Å²) in [6.07, 6.45) is 2.07. The van der Waals surface area contributed by atoms with Gasteiger partial charge in [0.2, 0.25) is 10.0 Å². The van der Waals surface area contributed by atoms with Crippen molar-refractivity contribution in [3.8, 4) is 11.5 Å². The zero-order valence-corrected chi connectivity index (χ0v) is 19.5. The van der Waals surface area contributed by atoms with Crippen molar-refractivity contribution in [2.45, 2.75) is 38.0 Å². The first-order valence-electron chi connectivity index (χ1n) is 10.5. The van der Waals surface area contributed by atoms with Crippen LogP contribution in [0.2, 0.25) is 0 Å². The minimum atomic E-state index is -3.63. The van der Waals surface area contributed by atoms with Crippen LogP contribution in [-0.2, 0) is 16.4 Å². The zero-order valence-electron chi connectivity index (χ0n) is 18.7. The van der Waals surface area contributed by atoms with Gasteiger partial charge in [-0.3, -0.25) is 4.79 Å². The molecule has 0 fully saturated rings. The summed E-state index contributed by atoms with van der Waals surface area (Å²) in [6.45, 7) is 5.21. The Morgan fingerprint density at radius 1 is 0.968 bits per heavy atom. The molecule has 2 aromatic rings. The number of carbonyl (C=O) groups is 1. The summed E-state index contributed by atoms with van der Waals surface area (Å²) in [5.41, 5.74) is 1.31. The van der Waals surface area contributed by atoms with Crippen LogP contribution in [-0.4, -0.2) is 52.5 Å². The fraction of sp³-hybridized carbons (Fsp3) is 0.435. The number of nitrogens with one attached hydrogen (secondary N) is 1. The Bertz CT molecular complexity index is 970. The minimum absolute atomic E-state index is 0.141. The normalized spacial score (nSPS) is 11.4. The van der Waals surface area contributed by atoms with Crippen LogP contribution in [0.4, 0.5) is 0 Å². The monoisotopic (exact) mass is 448 g/mol. The van der Waals surface area contributed by atoms with Crippen LogP contribution in [0.15, 0.2) is 47.4 Å². The van der Waals surface area contributed by atoms with E-state index in [0.717, 1.165) is 18.4 Å². The molecular formula is C23H32N2O5S. The summed E-state index contributed by atoms with van der Waals surface area (Å²) in [6, 6.07) is 11.8. The molecule has 0 aliphatic heterocycles. The average Bonchev–Trinajstić information content (AvgIpc) is 2.78. The molecule has 0 saturated carbocycles. The standard InChI is InChI=1S/C23H32N2O5S/c1-5-14-25(15-6-2)31(27,28)20-9-7-8-19(17-20)23(26)24-13-12-18-10-11-21(29-3)22(16-18)30-4/h7-11,16-17H,5-6,12-15H2,1-4H3,(H,24,26). The van der Waals surface area contributed by atoms with Crippen LogP contribution in [0, 0.1) is 0 Å². The maximum Gasteiger partial charge on any atom is 0.251 e. The third kappa shape index (κ3) is 6.45. The van der Waals surface area contributed by atoms with Crippen LogP contribution in [0.3, 0.4) is 0 Å². The van der Waals surface area contributed by atoms with Gasteiger partial charge in [0.15, 0.2) is 11.5 Å². The predicted octanol–water partition coefficient (Wildman–Crippen LogP) is 3.49. The van der Waals surface area contributed by atoms with Gasteiger partial charge < -0.3 is 14.8 Å². The fourth-order valence-corrected chi connectivity index (χ4v) is 4.93. The fourth-order valence-electron chi connectivity index (χ4n) is 3.26. The second-order valence-corrected chi connectivity index (χ2v) is 9.07. The van der Waals surface area contributed by atoms with Gasteiger partial charge in [-0.05, 0) is 55.2 Å². The highest BCUT2D eigenvalue weighted by molar-refractivity contribution is 7.89. The van der Waals surface area contributed by atoms with E-state index < -0.39 is 10.0 Å². The van der Waals surface area contributed by atoms with Crippen LogP contribution in [0.1, 0.15) is 42.6 Å². The number of hydrogen-bond donors (Lipinski definition) is 1. The second-order valence-electron chi connectivity index (χ2n) is 7.13. The molecule has 2 rings (SSSR count). The topological polar surface area (TPSA) is 84.9 Å². The molecule has 1 amide bonds. The first kappa shape index (κ1) is 24.7. The molecule has 1 N–H and O–H groups in total. The summed E-state index contributed by atoms with van der Waals surface area (Å²) >= 11 is 0. The van der Waals surface area contributed by atoms with Gasteiger partial charge in [-0.1, -0.05) is 26.0 Å². The number of rotatable bonds is 12. The average molecular weight is 449 g/mol. The first-order valence-corrected chi connectivity index (χ1v) is 11.9. The highest BCUT2D eigenvalue weighted by Gasteiger charge is 2.23. The number of amides is 1. The third-order valence-electron chi connectivity index (χ3n) is 4.83. The van der Waals surface area contributed by atoms with Crippen LogP contribution < -0.4 is 14.8 Å². The lowest BCUT2D eigenvalue weighted by molar-refractivity contribution is 0.0954. The quantitative estimate of drug-likeness (QED) is 0.537. The van der Waals surface area contributed by atoms with E-state index in [-0.39, 0.29) is 10.8 Å². The minimum Gasteiger partial charge on any atom is -0.493 e. The van der Waals surface area contributed by atoms with Gasteiger partial charge in [0.05, 0.1) is 19.1 Å². The number of ether oxygens (including phenoxy) is 2. The summed E-state index contributed by atoms with van der Waals surface area (Å²) < 4.78 is 37.9. The molecule has 0 saturated heterocycles. The highest BCUT2D eigenvalue weighted by atomic mass is 32.2.